The molecule has 0 amide bonds. The molecule has 3 heteroatoms. The van der Waals surface area contributed by atoms with E-state index >= 15 is 0 Å². The first-order valence-corrected chi connectivity index (χ1v) is 5.55. The topological polar surface area (TPSA) is 40.5 Å². The molecule has 1 N–H and O–H groups in total. The Morgan fingerprint density at radius 3 is 2.36 bits per heavy atom. The zero-order chi connectivity index (χ0) is 10.6. The van der Waals surface area contributed by atoms with Crippen molar-refractivity contribution in [3.05, 3.63) is 0 Å². The van der Waals surface area contributed by atoms with Crippen LogP contribution in [0.4, 0.5) is 0 Å². The van der Waals surface area contributed by atoms with Crippen molar-refractivity contribution in [3.63, 3.8) is 0 Å². The SMILES string of the molecule is CC(C)CC(CC(=O)O)N1CCCC1. The Hall–Kier alpha value is -0.570. The summed E-state index contributed by atoms with van der Waals surface area (Å²) in [4.78, 5) is 13.1. The van der Waals surface area contributed by atoms with Crippen molar-refractivity contribution in [2.75, 3.05) is 13.1 Å². The monoisotopic (exact) mass is 199 g/mol. The molecular weight excluding hydrogens is 178 g/mol. The summed E-state index contributed by atoms with van der Waals surface area (Å²) in [6.07, 6.45) is 3.77. The Balaban J connectivity index is 2.46. The number of hydrogen-bond acceptors (Lipinski definition) is 2. The lowest BCUT2D eigenvalue weighted by Crippen LogP contribution is -2.35. The molecule has 1 saturated heterocycles. The molecule has 1 fully saturated rings. The summed E-state index contributed by atoms with van der Waals surface area (Å²) in [5, 5.41) is 8.83. The average molecular weight is 199 g/mol. The van der Waals surface area contributed by atoms with Crippen LogP contribution < -0.4 is 0 Å². The molecule has 1 heterocycles. The van der Waals surface area contributed by atoms with E-state index in [0.29, 0.717) is 12.3 Å². The Morgan fingerprint density at radius 1 is 1.36 bits per heavy atom. The second-order valence-electron chi connectivity index (χ2n) is 4.62. The summed E-state index contributed by atoms with van der Waals surface area (Å²) in [6.45, 7) is 6.49. The van der Waals surface area contributed by atoms with Crippen LogP contribution in [0.2, 0.25) is 0 Å². The summed E-state index contributed by atoms with van der Waals surface area (Å²) >= 11 is 0. The van der Waals surface area contributed by atoms with Crippen molar-refractivity contribution in [2.24, 2.45) is 5.92 Å². The van der Waals surface area contributed by atoms with Crippen LogP contribution in [0.5, 0.6) is 0 Å². The lowest BCUT2D eigenvalue weighted by Gasteiger charge is -2.27. The van der Waals surface area contributed by atoms with E-state index in [0.717, 1.165) is 19.5 Å². The minimum atomic E-state index is -0.664. The van der Waals surface area contributed by atoms with E-state index in [1.807, 2.05) is 0 Å². The zero-order valence-electron chi connectivity index (χ0n) is 9.20. The molecular formula is C11H21NO2. The van der Waals surface area contributed by atoms with E-state index in [4.69, 9.17) is 5.11 Å². The van der Waals surface area contributed by atoms with E-state index in [1.165, 1.54) is 12.8 Å². The third kappa shape index (κ3) is 3.66. The molecule has 1 atom stereocenters. The molecule has 82 valence electrons. The molecule has 0 bridgehead atoms. The summed E-state index contributed by atoms with van der Waals surface area (Å²) < 4.78 is 0. The van der Waals surface area contributed by atoms with Gasteiger partial charge in [0.25, 0.3) is 0 Å². The van der Waals surface area contributed by atoms with Crippen LogP contribution in [0, 0.1) is 5.92 Å². The van der Waals surface area contributed by atoms with Gasteiger partial charge in [0.2, 0.25) is 0 Å². The summed E-state index contributed by atoms with van der Waals surface area (Å²) in [6, 6.07) is 0.259. The number of carbonyl (C=O) groups is 1. The van der Waals surface area contributed by atoms with Gasteiger partial charge in [-0.3, -0.25) is 9.69 Å². The van der Waals surface area contributed by atoms with E-state index in [2.05, 4.69) is 18.7 Å². The first-order chi connectivity index (χ1) is 6.59. The van der Waals surface area contributed by atoms with E-state index in [-0.39, 0.29) is 6.04 Å². The molecule has 0 radical (unpaired) electrons. The molecule has 14 heavy (non-hydrogen) atoms. The van der Waals surface area contributed by atoms with Crippen LogP contribution in [-0.4, -0.2) is 35.1 Å². The highest BCUT2D eigenvalue weighted by Crippen LogP contribution is 2.20. The number of hydrogen-bond donors (Lipinski definition) is 1. The van der Waals surface area contributed by atoms with E-state index in [1.54, 1.807) is 0 Å². The van der Waals surface area contributed by atoms with Gasteiger partial charge in [-0.25, -0.2) is 0 Å². The second kappa shape index (κ2) is 5.35. The highest BCUT2D eigenvalue weighted by atomic mass is 16.4. The van der Waals surface area contributed by atoms with Gasteiger partial charge in [-0.15, -0.1) is 0 Å². The Bertz CT molecular complexity index is 186. The van der Waals surface area contributed by atoms with Gasteiger partial charge in [-0.1, -0.05) is 13.8 Å². The van der Waals surface area contributed by atoms with Crippen LogP contribution in [0.15, 0.2) is 0 Å². The molecule has 0 aromatic carbocycles. The molecule has 0 aromatic heterocycles. The van der Waals surface area contributed by atoms with E-state index in [9.17, 15) is 4.79 Å². The number of carboxylic acid groups (broad SMARTS) is 1. The number of likely N-dealkylation sites (tertiary alicyclic amines) is 1. The standard InChI is InChI=1S/C11H21NO2/c1-9(2)7-10(8-11(13)14)12-5-3-4-6-12/h9-10H,3-8H2,1-2H3,(H,13,14). The highest BCUT2D eigenvalue weighted by molar-refractivity contribution is 5.67. The number of nitrogens with zero attached hydrogens (tertiary/aromatic N) is 1. The summed E-state index contributed by atoms with van der Waals surface area (Å²) in [5.41, 5.74) is 0. The molecule has 0 saturated carbocycles. The average Bonchev–Trinajstić information content (AvgIpc) is 2.52. The predicted octanol–water partition coefficient (Wildman–Crippen LogP) is 1.97. The van der Waals surface area contributed by atoms with Gasteiger partial charge in [-0.2, -0.15) is 0 Å². The quantitative estimate of drug-likeness (QED) is 0.736. The van der Waals surface area contributed by atoms with Crippen molar-refractivity contribution in [1.82, 2.24) is 4.90 Å². The molecule has 0 spiro atoms. The van der Waals surface area contributed by atoms with Gasteiger partial charge < -0.3 is 5.11 Å². The zero-order valence-corrected chi connectivity index (χ0v) is 9.20. The summed E-state index contributed by atoms with van der Waals surface area (Å²) in [7, 11) is 0. The maximum Gasteiger partial charge on any atom is 0.304 e. The maximum absolute atomic E-state index is 10.7. The fourth-order valence-corrected chi connectivity index (χ4v) is 2.21. The maximum atomic E-state index is 10.7. The van der Waals surface area contributed by atoms with Crippen molar-refractivity contribution < 1.29 is 9.90 Å². The van der Waals surface area contributed by atoms with Gasteiger partial charge in [0.1, 0.15) is 0 Å². The Labute approximate surface area is 86.1 Å². The molecule has 0 aromatic rings. The Kier molecular flexibility index (Phi) is 4.39. The smallest absolute Gasteiger partial charge is 0.304 e. The normalized spacial score (nSPS) is 20.2. The number of rotatable bonds is 5. The number of carboxylic acids is 1. The summed E-state index contributed by atoms with van der Waals surface area (Å²) in [5.74, 6) is -0.0810. The minimum absolute atomic E-state index is 0.259. The van der Waals surface area contributed by atoms with Crippen molar-refractivity contribution in [3.8, 4) is 0 Å². The molecule has 1 unspecified atom stereocenters. The van der Waals surface area contributed by atoms with Crippen molar-refractivity contribution >= 4 is 5.97 Å². The van der Waals surface area contributed by atoms with Crippen LogP contribution in [0.25, 0.3) is 0 Å². The van der Waals surface area contributed by atoms with E-state index < -0.39 is 5.97 Å². The van der Waals surface area contributed by atoms with Crippen LogP contribution >= 0.6 is 0 Å². The van der Waals surface area contributed by atoms with Gasteiger partial charge in [0.05, 0.1) is 6.42 Å². The predicted molar refractivity (Wildman–Crippen MR) is 56.3 cm³/mol. The molecule has 1 aliphatic heterocycles. The highest BCUT2D eigenvalue weighted by Gasteiger charge is 2.24. The van der Waals surface area contributed by atoms with Gasteiger partial charge in [0, 0.05) is 6.04 Å². The third-order valence-corrected chi connectivity index (χ3v) is 2.81. The number of aliphatic carboxylic acids is 1. The van der Waals surface area contributed by atoms with Gasteiger partial charge in [0.15, 0.2) is 0 Å². The molecule has 0 aliphatic carbocycles. The third-order valence-electron chi connectivity index (χ3n) is 2.81. The first-order valence-electron chi connectivity index (χ1n) is 5.55. The lowest BCUT2D eigenvalue weighted by atomic mass is 10.00. The van der Waals surface area contributed by atoms with Crippen molar-refractivity contribution in [1.29, 1.82) is 0 Å². The molecule has 3 nitrogen and oxygen atoms in total. The lowest BCUT2D eigenvalue weighted by molar-refractivity contribution is -0.138. The van der Waals surface area contributed by atoms with Crippen LogP contribution in [0.3, 0.4) is 0 Å². The van der Waals surface area contributed by atoms with Gasteiger partial charge >= 0.3 is 5.97 Å². The van der Waals surface area contributed by atoms with Gasteiger partial charge in [-0.05, 0) is 38.3 Å². The molecule has 1 rings (SSSR count). The first kappa shape index (κ1) is 11.5. The fourth-order valence-electron chi connectivity index (χ4n) is 2.21. The van der Waals surface area contributed by atoms with Crippen LogP contribution in [0.1, 0.15) is 39.5 Å². The minimum Gasteiger partial charge on any atom is -0.481 e. The molecule has 1 aliphatic rings. The fraction of sp³-hybridized carbons (Fsp3) is 0.909. The second-order valence-corrected chi connectivity index (χ2v) is 4.62. The van der Waals surface area contributed by atoms with Crippen molar-refractivity contribution in [2.45, 2.75) is 45.6 Å². The Morgan fingerprint density at radius 2 is 1.93 bits per heavy atom. The van der Waals surface area contributed by atoms with Crippen LogP contribution in [-0.2, 0) is 4.79 Å². The largest absolute Gasteiger partial charge is 0.481 e.